The molecular weight excluding hydrogens is 202 g/mol. The predicted molar refractivity (Wildman–Crippen MR) is 56.6 cm³/mol. The Kier molecular flexibility index (Phi) is 5.25. The maximum Gasteiger partial charge on any atom is 0.151 e. The number of rotatable bonds is 6. The van der Waals surface area contributed by atoms with Crippen LogP contribution in [0.4, 0.5) is 5.82 Å². The third kappa shape index (κ3) is 4.39. The molecule has 0 amide bonds. The van der Waals surface area contributed by atoms with Gasteiger partial charge in [-0.15, -0.1) is 10.2 Å². The molecule has 5 heteroatoms. The molecule has 1 heterocycles. The molecule has 14 heavy (non-hydrogen) atoms. The van der Waals surface area contributed by atoms with Crippen LogP contribution in [0.1, 0.15) is 13.3 Å². The third-order valence-corrected chi connectivity index (χ3v) is 1.81. The van der Waals surface area contributed by atoms with Gasteiger partial charge in [0.25, 0.3) is 0 Å². The lowest BCUT2D eigenvalue weighted by atomic mass is 10.4. The second-order valence-electron chi connectivity index (χ2n) is 2.72. The van der Waals surface area contributed by atoms with Crippen molar-refractivity contribution in [2.75, 3.05) is 25.1 Å². The fraction of sp³-hybridized carbons (Fsp3) is 0.556. The maximum absolute atomic E-state index is 5.59. The largest absolute Gasteiger partial charge is 0.382 e. The van der Waals surface area contributed by atoms with Gasteiger partial charge in [-0.3, -0.25) is 0 Å². The Hall–Kier alpha value is -0.870. The van der Waals surface area contributed by atoms with Crippen LogP contribution in [-0.4, -0.2) is 30.0 Å². The highest BCUT2D eigenvalue weighted by Gasteiger charge is 1.94. The summed E-state index contributed by atoms with van der Waals surface area (Å²) in [6.07, 6.45) is 0.956. The van der Waals surface area contributed by atoms with Gasteiger partial charge in [0.1, 0.15) is 5.82 Å². The van der Waals surface area contributed by atoms with E-state index in [4.69, 9.17) is 16.3 Å². The van der Waals surface area contributed by atoms with E-state index in [1.165, 1.54) is 0 Å². The molecule has 0 unspecified atom stereocenters. The van der Waals surface area contributed by atoms with Crippen molar-refractivity contribution in [3.63, 3.8) is 0 Å². The summed E-state index contributed by atoms with van der Waals surface area (Å²) in [5.41, 5.74) is 0. The number of hydrogen-bond donors (Lipinski definition) is 1. The Balaban J connectivity index is 2.15. The van der Waals surface area contributed by atoms with E-state index in [0.717, 1.165) is 32.0 Å². The molecule has 0 fully saturated rings. The Bertz CT molecular complexity index is 253. The van der Waals surface area contributed by atoms with Crippen molar-refractivity contribution in [3.05, 3.63) is 17.3 Å². The summed E-state index contributed by atoms with van der Waals surface area (Å²) in [6.45, 7) is 4.35. The molecule has 0 spiro atoms. The zero-order valence-electron chi connectivity index (χ0n) is 8.16. The number of aromatic nitrogens is 2. The van der Waals surface area contributed by atoms with Crippen molar-refractivity contribution < 1.29 is 4.74 Å². The van der Waals surface area contributed by atoms with Gasteiger partial charge in [0.15, 0.2) is 5.15 Å². The maximum atomic E-state index is 5.59. The van der Waals surface area contributed by atoms with Crippen LogP contribution in [0.15, 0.2) is 12.1 Å². The minimum absolute atomic E-state index is 0.407. The summed E-state index contributed by atoms with van der Waals surface area (Å²) in [5.74, 6) is 0.742. The van der Waals surface area contributed by atoms with Crippen LogP contribution in [-0.2, 0) is 4.74 Å². The molecule has 0 bridgehead atoms. The zero-order chi connectivity index (χ0) is 10.2. The zero-order valence-corrected chi connectivity index (χ0v) is 8.92. The molecule has 0 saturated heterocycles. The lowest BCUT2D eigenvalue weighted by Crippen LogP contribution is -2.07. The van der Waals surface area contributed by atoms with Gasteiger partial charge in [0, 0.05) is 19.8 Å². The van der Waals surface area contributed by atoms with Gasteiger partial charge in [0.2, 0.25) is 0 Å². The summed E-state index contributed by atoms with van der Waals surface area (Å²) in [6, 6.07) is 3.51. The molecule has 1 N–H and O–H groups in total. The van der Waals surface area contributed by atoms with Crippen molar-refractivity contribution in [3.8, 4) is 0 Å². The summed E-state index contributed by atoms with van der Waals surface area (Å²) < 4.78 is 5.19. The van der Waals surface area contributed by atoms with Crippen molar-refractivity contribution in [1.29, 1.82) is 0 Å². The van der Waals surface area contributed by atoms with Crippen LogP contribution in [0.2, 0.25) is 5.15 Å². The Morgan fingerprint density at radius 1 is 1.43 bits per heavy atom. The van der Waals surface area contributed by atoms with E-state index in [2.05, 4.69) is 15.5 Å². The number of hydrogen-bond acceptors (Lipinski definition) is 4. The molecule has 0 aliphatic heterocycles. The monoisotopic (exact) mass is 215 g/mol. The highest BCUT2D eigenvalue weighted by atomic mass is 35.5. The van der Waals surface area contributed by atoms with Gasteiger partial charge in [-0.2, -0.15) is 0 Å². The third-order valence-electron chi connectivity index (χ3n) is 1.61. The van der Waals surface area contributed by atoms with Gasteiger partial charge < -0.3 is 10.1 Å². The SMILES string of the molecule is CCOCCCNc1ccc(Cl)nn1. The number of ether oxygens (including phenoxy) is 1. The smallest absolute Gasteiger partial charge is 0.151 e. The first-order valence-corrected chi connectivity index (χ1v) is 5.01. The molecule has 0 atom stereocenters. The van der Waals surface area contributed by atoms with E-state index >= 15 is 0 Å². The second-order valence-corrected chi connectivity index (χ2v) is 3.11. The molecule has 1 aromatic rings. The van der Waals surface area contributed by atoms with Crippen molar-refractivity contribution in [1.82, 2.24) is 10.2 Å². The fourth-order valence-corrected chi connectivity index (χ4v) is 1.05. The molecule has 0 aliphatic carbocycles. The van der Waals surface area contributed by atoms with Crippen molar-refractivity contribution >= 4 is 17.4 Å². The summed E-state index contributed by atoms with van der Waals surface area (Å²) in [4.78, 5) is 0. The fourth-order valence-electron chi connectivity index (χ4n) is 0.945. The van der Waals surface area contributed by atoms with Gasteiger partial charge in [-0.05, 0) is 25.5 Å². The van der Waals surface area contributed by atoms with Gasteiger partial charge in [-0.1, -0.05) is 11.6 Å². The minimum Gasteiger partial charge on any atom is -0.382 e. The topological polar surface area (TPSA) is 47.0 Å². The van der Waals surface area contributed by atoms with Crippen LogP contribution in [0, 0.1) is 0 Å². The molecule has 0 radical (unpaired) electrons. The van der Waals surface area contributed by atoms with E-state index in [0.29, 0.717) is 5.15 Å². The Morgan fingerprint density at radius 2 is 2.29 bits per heavy atom. The molecule has 1 rings (SSSR count). The first-order chi connectivity index (χ1) is 6.83. The average molecular weight is 216 g/mol. The average Bonchev–Trinajstić information content (AvgIpc) is 2.21. The van der Waals surface area contributed by atoms with Gasteiger partial charge >= 0.3 is 0 Å². The minimum atomic E-state index is 0.407. The van der Waals surface area contributed by atoms with Gasteiger partial charge in [0.05, 0.1) is 0 Å². The molecular formula is C9H14ClN3O. The number of nitrogens with one attached hydrogen (secondary N) is 1. The lowest BCUT2D eigenvalue weighted by Gasteiger charge is -2.04. The Morgan fingerprint density at radius 3 is 2.93 bits per heavy atom. The Labute approximate surface area is 88.6 Å². The highest BCUT2D eigenvalue weighted by Crippen LogP contribution is 2.05. The van der Waals surface area contributed by atoms with Crippen molar-refractivity contribution in [2.24, 2.45) is 0 Å². The predicted octanol–water partition coefficient (Wildman–Crippen LogP) is 1.97. The van der Waals surface area contributed by atoms with Crippen LogP contribution in [0.25, 0.3) is 0 Å². The van der Waals surface area contributed by atoms with E-state index in [-0.39, 0.29) is 0 Å². The number of anilines is 1. The van der Waals surface area contributed by atoms with E-state index in [9.17, 15) is 0 Å². The lowest BCUT2D eigenvalue weighted by molar-refractivity contribution is 0.147. The van der Waals surface area contributed by atoms with Crippen molar-refractivity contribution in [2.45, 2.75) is 13.3 Å². The molecule has 78 valence electrons. The normalized spacial score (nSPS) is 10.1. The van der Waals surface area contributed by atoms with Crippen LogP contribution < -0.4 is 5.32 Å². The first-order valence-electron chi connectivity index (χ1n) is 4.63. The molecule has 0 aromatic carbocycles. The van der Waals surface area contributed by atoms with Crippen LogP contribution in [0.3, 0.4) is 0 Å². The number of halogens is 1. The molecule has 0 saturated carbocycles. The first kappa shape index (κ1) is 11.2. The summed E-state index contributed by atoms with van der Waals surface area (Å²) >= 11 is 5.59. The van der Waals surface area contributed by atoms with E-state index in [1.54, 1.807) is 12.1 Å². The molecule has 4 nitrogen and oxygen atoms in total. The summed E-state index contributed by atoms with van der Waals surface area (Å²) in [7, 11) is 0. The quantitative estimate of drug-likeness (QED) is 0.738. The van der Waals surface area contributed by atoms with Crippen LogP contribution in [0.5, 0.6) is 0 Å². The second kappa shape index (κ2) is 6.56. The number of nitrogens with zero attached hydrogens (tertiary/aromatic N) is 2. The van der Waals surface area contributed by atoms with E-state index < -0.39 is 0 Å². The van der Waals surface area contributed by atoms with Gasteiger partial charge in [-0.25, -0.2) is 0 Å². The summed E-state index contributed by atoms with van der Waals surface area (Å²) in [5, 5.41) is 11.1. The van der Waals surface area contributed by atoms with E-state index in [1.807, 2.05) is 6.92 Å². The van der Waals surface area contributed by atoms with Crippen LogP contribution >= 0.6 is 11.6 Å². The molecule has 0 aliphatic rings. The molecule has 1 aromatic heterocycles. The highest BCUT2D eigenvalue weighted by molar-refractivity contribution is 6.29. The standard InChI is InChI=1S/C9H14ClN3O/c1-2-14-7-3-6-11-9-5-4-8(10)12-13-9/h4-5H,2-3,6-7H2,1H3,(H,11,13).